The van der Waals surface area contributed by atoms with Crippen molar-refractivity contribution in [3.63, 3.8) is 0 Å². The molecule has 522 valence electrons. The molecule has 5 aliphatic rings. The molecule has 5 saturated heterocycles. The maximum absolute atomic E-state index is 14.4. The number of nitrogens with one attached hydrogen (secondary N) is 5. The maximum atomic E-state index is 14.4. The highest BCUT2D eigenvalue weighted by molar-refractivity contribution is 8.45. The molecule has 10 heterocycles. The smallest absolute Gasteiger partial charge is 0.386 e. The first kappa shape index (κ1) is 72.6. The first-order valence-corrected chi connectivity index (χ1v) is 38.3. The van der Waals surface area contributed by atoms with Crippen LogP contribution in [0.25, 0.3) is 0 Å². The number of aliphatic hydroxyl groups is 1. The number of aromatic amines is 5. The molecule has 0 spiro atoms. The van der Waals surface area contributed by atoms with E-state index < -0.39 is 203 Å². The molecule has 5 aromatic rings. The third kappa shape index (κ3) is 17.3. The second kappa shape index (κ2) is 29.3. The van der Waals surface area contributed by atoms with E-state index in [1.54, 1.807) is 6.92 Å². The summed E-state index contributed by atoms with van der Waals surface area (Å²) in [7, 11) is -3.78. The number of aliphatic hydroxyl groups excluding tert-OH is 1. The van der Waals surface area contributed by atoms with Gasteiger partial charge in [0.2, 0.25) is 0 Å². The molecule has 0 aromatic carbocycles. The highest BCUT2D eigenvalue weighted by Gasteiger charge is 2.48. The van der Waals surface area contributed by atoms with E-state index >= 15 is 0 Å². The predicted octanol–water partition coefficient (Wildman–Crippen LogP) is 1.21. The van der Waals surface area contributed by atoms with Crippen LogP contribution in [0.4, 0.5) is 0 Å². The Hall–Kier alpha value is -5.19. The van der Waals surface area contributed by atoms with E-state index in [-0.39, 0.29) is 59.9 Å². The van der Waals surface area contributed by atoms with Crippen LogP contribution < -0.4 is 56.2 Å². The molecule has 5 aliphatic heterocycles. The van der Waals surface area contributed by atoms with Crippen LogP contribution in [0.2, 0.25) is 0 Å². The van der Waals surface area contributed by atoms with Gasteiger partial charge in [0.05, 0.1) is 50.8 Å². The second-order valence-corrected chi connectivity index (χ2v) is 32.5. The molecule has 38 nitrogen and oxygen atoms in total. The van der Waals surface area contributed by atoms with E-state index in [0.717, 1.165) is 22.8 Å². The zero-order valence-corrected chi connectivity index (χ0v) is 57.2. The molecule has 19 atom stereocenters. The number of aryl methyl sites for hydroxylation is 5. The van der Waals surface area contributed by atoms with E-state index in [1.165, 1.54) is 65.6 Å². The standard InChI is InChI=1S/C50H66N10O28P4S3/c1-21-12-56(46(67)51-41(21)62)36-7-27(61)32(81-36)18-77-91(74,94)87-30-10-39(59-15-24(4)44(65)54-49(59)70)82-33(30)17-76-89(72)85-29-9-38(58-14-23(3)43(64)53-48(58)69)83-34(29)19-78-92(75,95)88-31-11-40(60-16-25(5)45(66)55-50(60)71)84-35(31)20-79-90(73,93)86-28-8-37(80-26(28)6)57-13-22(2)42(63)52-47(57)68/h12-16,26-40,61,89H,7-11,17-20H2,1-6H3,(H,73,93)(H,74,94)(H,75,95)(H,51,62,67)(H,52,63,68)(H,53,64,69)(H,54,65,70)(H,55,66,71)/t26-,27+,28+,29+,30+,31+,32-,33-,34-,35-,36-,37-,38-,39-,40-,90-,91-,92-/m1/s1. The first-order valence-electron chi connectivity index (χ1n) is 29.0. The fourth-order valence-corrected chi connectivity index (χ4v) is 16.4. The minimum absolute atomic E-state index is 0.0512. The van der Waals surface area contributed by atoms with Gasteiger partial charge in [0.1, 0.15) is 67.8 Å². The number of hydrogen-bond donors (Lipinski definition) is 9. The first-order chi connectivity index (χ1) is 44.6. The van der Waals surface area contributed by atoms with Crippen LogP contribution in [0.5, 0.6) is 0 Å². The van der Waals surface area contributed by atoms with Gasteiger partial charge < -0.3 is 37.8 Å². The van der Waals surface area contributed by atoms with Crippen molar-refractivity contribution in [2.45, 2.75) is 166 Å². The van der Waals surface area contributed by atoms with Crippen LogP contribution in [0.15, 0.2) is 78.9 Å². The summed E-state index contributed by atoms with van der Waals surface area (Å²) < 4.78 is 138. The van der Waals surface area contributed by atoms with E-state index in [2.05, 4.69) is 61.7 Å². The molecule has 0 aliphatic carbocycles. The van der Waals surface area contributed by atoms with Gasteiger partial charge in [-0.25, -0.2) is 37.7 Å². The summed E-state index contributed by atoms with van der Waals surface area (Å²) in [6, 6.07) is 0. The van der Waals surface area contributed by atoms with Gasteiger partial charge in [-0.15, -0.1) is 0 Å². The number of rotatable bonds is 25. The molecule has 1 unspecified atom stereocenters. The minimum Gasteiger partial charge on any atom is -0.390 e. The molecule has 5 fully saturated rings. The largest absolute Gasteiger partial charge is 0.390 e. The van der Waals surface area contributed by atoms with Crippen molar-refractivity contribution < 1.29 is 83.2 Å². The van der Waals surface area contributed by atoms with Crippen molar-refractivity contribution in [2.24, 2.45) is 0 Å². The molecule has 0 amide bonds. The highest BCUT2D eigenvalue weighted by Crippen LogP contribution is 2.60. The summed E-state index contributed by atoms with van der Waals surface area (Å²) in [6.45, 7) is -7.69. The molecule has 45 heteroatoms. The van der Waals surface area contributed by atoms with Crippen molar-refractivity contribution in [3.05, 3.63) is 163 Å². The van der Waals surface area contributed by atoms with Crippen LogP contribution in [0, 0.1) is 34.6 Å². The summed E-state index contributed by atoms with van der Waals surface area (Å²) in [6.07, 6.45) is -13.5. The number of hydrogen-bond acceptors (Lipinski definition) is 28. The SMILES string of the molecule is Cc1cn([C@H]2C[C@H](O[P@](=O)(S)OC[C@H]3O[C@@H](n4cc(C)c(=O)[nH]c4=O)C[C@@H]3O[P@](=O)(S)OC[C@H]3O[C@@H](n4cc(C)c(=O)[nH]c4=O)C[C@@H]3O[PH](=O)OC[C@H]3O[C@@H](n4cc(C)c(=O)[nH]c4=O)C[C@@H]3O[P@](=O)(S)OC[C@H]3O[C@@H](n4cc(C)c(=O)[nH]c4=O)C[C@@H]3O)[C@@H](C)O2)c(=O)[nH]c1=O. The van der Waals surface area contributed by atoms with Gasteiger partial charge in [-0.3, -0.25) is 103 Å². The Morgan fingerprint density at radius 2 is 0.716 bits per heavy atom. The second-order valence-electron chi connectivity index (χ2n) is 22.9. The Balaban J connectivity index is 0.822. The van der Waals surface area contributed by atoms with Crippen molar-refractivity contribution in [1.82, 2.24) is 47.8 Å². The third-order valence-electron chi connectivity index (χ3n) is 16.0. The van der Waals surface area contributed by atoms with E-state index in [1.807, 2.05) is 0 Å². The molecule has 10 rings (SSSR count). The molecule has 0 saturated carbocycles. The molecular weight excluding hydrogens is 1410 g/mol. The van der Waals surface area contributed by atoms with Gasteiger partial charge in [0.25, 0.3) is 27.8 Å². The van der Waals surface area contributed by atoms with Gasteiger partial charge in [-0.05, 0) is 41.5 Å². The zero-order valence-electron chi connectivity index (χ0n) is 50.8. The van der Waals surface area contributed by atoms with Crippen molar-refractivity contribution in [3.8, 4) is 0 Å². The average molecular weight is 1480 g/mol. The normalized spacial score (nSPS) is 29.9. The number of H-pyrrole nitrogens is 5. The topological polar surface area (TPSA) is 483 Å². The van der Waals surface area contributed by atoms with Crippen LogP contribution in [-0.4, -0.2) is 140 Å². The van der Waals surface area contributed by atoms with Crippen molar-refractivity contribution in [2.75, 3.05) is 26.4 Å². The quantitative estimate of drug-likeness (QED) is 0.0293. The Labute approximate surface area is 549 Å². The van der Waals surface area contributed by atoms with Crippen LogP contribution >= 0.6 is 65.4 Å². The molecule has 0 bridgehead atoms. The van der Waals surface area contributed by atoms with Crippen LogP contribution in [-0.2, 0) is 78.1 Å². The van der Waals surface area contributed by atoms with Crippen molar-refractivity contribution in [1.29, 1.82) is 0 Å². The van der Waals surface area contributed by atoms with Gasteiger partial charge in [-0.1, -0.05) is 36.7 Å². The minimum atomic E-state index is -4.71. The lowest BCUT2D eigenvalue weighted by Gasteiger charge is -2.25. The molecular formula is C50H66N10O28P4S3. The van der Waals surface area contributed by atoms with E-state index in [4.69, 9.17) is 59.9 Å². The summed E-state index contributed by atoms with van der Waals surface area (Å²) in [5.74, 6) is 0. The molecule has 95 heavy (non-hydrogen) atoms. The fraction of sp³-hybridized carbons (Fsp3) is 0.600. The summed E-state index contributed by atoms with van der Waals surface area (Å²) >= 11 is 12.5. The Morgan fingerprint density at radius 1 is 0.442 bits per heavy atom. The third-order valence-corrected chi connectivity index (χ3v) is 21.8. The number of aromatic nitrogens is 10. The lowest BCUT2D eigenvalue weighted by atomic mass is 10.2. The lowest BCUT2D eigenvalue weighted by molar-refractivity contribution is -0.0531. The van der Waals surface area contributed by atoms with Crippen molar-refractivity contribution >= 4 is 65.4 Å². The Bertz CT molecular complexity index is 4550. The predicted molar refractivity (Wildman–Crippen MR) is 337 cm³/mol. The number of thiol groups is 3. The van der Waals surface area contributed by atoms with Crippen LogP contribution in [0.1, 0.15) is 98.0 Å². The molecule has 6 N–H and O–H groups in total. The highest BCUT2D eigenvalue weighted by atomic mass is 32.7. The monoisotopic (exact) mass is 1470 g/mol. The van der Waals surface area contributed by atoms with E-state index in [9.17, 15) is 71.3 Å². The molecule has 0 radical (unpaired) electrons. The fourth-order valence-electron chi connectivity index (χ4n) is 11.0. The number of nitrogens with zero attached hydrogens (tertiary/aromatic N) is 5. The lowest BCUT2D eigenvalue weighted by Crippen LogP contribution is -2.33. The number of ether oxygens (including phenoxy) is 5. The summed E-state index contributed by atoms with van der Waals surface area (Å²) in [4.78, 5) is 136. The van der Waals surface area contributed by atoms with E-state index in [0.29, 0.717) is 0 Å². The summed E-state index contributed by atoms with van der Waals surface area (Å²) in [5, 5.41) is 10.8. The van der Waals surface area contributed by atoms with Gasteiger partial charge in [0.15, 0.2) is 0 Å². The van der Waals surface area contributed by atoms with Gasteiger partial charge in [0, 0.05) is 90.9 Å². The Morgan fingerprint density at radius 3 is 1.08 bits per heavy atom. The van der Waals surface area contributed by atoms with Gasteiger partial charge >= 0.3 is 57.1 Å². The Kier molecular flexibility index (Phi) is 22.4. The average Bonchev–Trinajstić information content (AvgIpc) is 1.70. The summed E-state index contributed by atoms with van der Waals surface area (Å²) in [5.41, 5.74) is -7.01. The van der Waals surface area contributed by atoms with Crippen LogP contribution in [0.3, 0.4) is 0 Å². The molecule has 5 aromatic heterocycles. The van der Waals surface area contributed by atoms with Gasteiger partial charge in [-0.2, -0.15) is 0 Å². The maximum Gasteiger partial charge on any atom is 0.386 e. The zero-order chi connectivity index (χ0) is 68.9.